The first kappa shape index (κ1) is 22.2. The minimum atomic E-state index is 0.560. The fourth-order valence-electron chi connectivity index (χ4n) is 6.40. The molecule has 0 aromatic heterocycles. The van der Waals surface area contributed by atoms with Crippen LogP contribution in [-0.2, 0) is 19.4 Å². The highest BCUT2D eigenvalue weighted by molar-refractivity contribution is 5.49. The summed E-state index contributed by atoms with van der Waals surface area (Å²) in [6.45, 7) is 8.31. The number of nitrogens with zero attached hydrogens (tertiary/aromatic N) is 2. The average Bonchev–Trinajstić information content (AvgIpc) is 3.26. The second-order valence-electron chi connectivity index (χ2n) is 10.4. The third kappa shape index (κ3) is 5.17. The molecule has 2 heteroatoms. The maximum atomic E-state index is 2.78. The van der Waals surface area contributed by atoms with Crippen LogP contribution in [0.25, 0.3) is 0 Å². The van der Waals surface area contributed by atoms with Crippen LogP contribution in [0.2, 0.25) is 0 Å². The number of hydrogen-bond donors (Lipinski definition) is 0. The Bertz CT molecular complexity index is 990. The number of benzene rings is 3. The van der Waals surface area contributed by atoms with Crippen LogP contribution in [0.4, 0.5) is 5.69 Å². The lowest BCUT2D eigenvalue weighted by atomic mass is 9.83. The van der Waals surface area contributed by atoms with E-state index < -0.39 is 0 Å². The van der Waals surface area contributed by atoms with Gasteiger partial charge >= 0.3 is 0 Å². The van der Waals surface area contributed by atoms with Crippen molar-refractivity contribution in [1.82, 2.24) is 4.90 Å². The summed E-state index contributed by atoms with van der Waals surface area (Å²) in [6.07, 6.45) is 4.89. The number of hydrogen-bond acceptors (Lipinski definition) is 2. The molecule has 3 aromatic rings. The van der Waals surface area contributed by atoms with Gasteiger partial charge in [-0.25, -0.2) is 0 Å². The van der Waals surface area contributed by atoms with Crippen LogP contribution in [0, 0.1) is 11.8 Å². The van der Waals surface area contributed by atoms with Gasteiger partial charge in [0.1, 0.15) is 0 Å². The maximum absolute atomic E-state index is 2.78. The third-order valence-electron chi connectivity index (χ3n) is 7.90. The summed E-state index contributed by atoms with van der Waals surface area (Å²) in [7, 11) is 0. The van der Waals surface area contributed by atoms with Crippen LogP contribution in [0.1, 0.15) is 43.4 Å². The van der Waals surface area contributed by atoms with Gasteiger partial charge in [-0.3, -0.25) is 4.90 Å². The molecule has 2 aliphatic rings. The van der Waals surface area contributed by atoms with E-state index >= 15 is 0 Å². The first-order chi connectivity index (χ1) is 16.2. The van der Waals surface area contributed by atoms with E-state index in [-0.39, 0.29) is 0 Å². The number of para-hydroxylation sites is 1. The lowest BCUT2D eigenvalue weighted by Crippen LogP contribution is -2.49. The Morgan fingerprint density at radius 2 is 1.39 bits per heavy atom. The first-order valence-corrected chi connectivity index (χ1v) is 12.8. The first-order valence-electron chi connectivity index (χ1n) is 12.8. The van der Waals surface area contributed by atoms with Crippen molar-refractivity contribution in [2.45, 2.75) is 58.2 Å². The Kier molecular flexibility index (Phi) is 6.83. The zero-order chi connectivity index (χ0) is 22.6. The highest BCUT2D eigenvalue weighted by Crippen LogP contribution is 2.33. The van der Waals surface area contributed by atoms with Crippen LogP contribution in [0.15, 0.2) is 84.9 Å². The number of piperidine rings is 1. The van der Waals surface area contributed by atoms with Crippen LogP contribution >= 0.6 is 0 Å². The van der Waals surface area contributed by atoms with E-state index in [0.29, 0.717) is 12.1 Å². The molecule has 2 nitrogen and oxygen atoms in total. The largest absolute Gasteiger partial charge is 0.368 e. The highest BCUT2D eigenvalue weighted by Gasteiger charge is 2.33. The monoisotopic (exact) mass is 438 g/mol. The molecule has 33 heavy (non-hydrogen) atoms. The van der Waals surface area contributed by atoms with Crippen LogP contribution in [0.5, 0.6) is 0 Å². The second-order valence-corrected chi connectivity index (χ2v) is 10.4. The highest BCUT2D eigenvalue weighted by atomic mass is 15.2. The van der Waals surface area contributed by atoms with E-state index in [2.05, 4.69) is 109 Å². The fraction of sp³-hybridized carbons (Fsp3) is 0.419. The number of fused-ring (bicyclic) bond motifs is 1. The van der Waals surface area contributed by atoms with Crippen molar-refractivity contribution in [3.63, 3.8) is 0 Å². The molecule has 0 N–H and O–H groups in total. The lowest BCUT2D eigenvalue weighted by Gasteiger charge is -2.44. The minimum Gasteiger partial charge on any atom is -0.368 e. The Hall–Kier alpha value is -2.58. The standard InChI is InChI=1S/C31H38N2/c1-24-19-25(2)31(32(22-24)23-26-11-5-3-6-12-26)17-18-33(29-15-7-4-8-16-29)30-20-27-13-9-10-14-28(27)21-30/h3-16,24-25,30-31H,17-23H2,1-2H3/t24?,25-,31?/m0/s1. The van der Waals surface area contributed by atoms with Crippen LogP contribution in [0.3, 0.4) is 0 Å². The van der Waals surface area contributed by atoms with E-state index in [1.54, 1.807) is 0 Å². The number of rotatable bonds is 7. The fourth-order valence-corrected chi connectivity index (χ4v) is 6.40. The predicted molar refractivity (Wildman–Crippen MR) is 140 cm³/mol. The molecule has 172 valence electrons. The normalized spacial score (nSPS) is 23.4. The number of likely N-dealkylation sites (tertiary alicyclic amines) is 1. The molecule has 5 rings (SSSR count). The molecule has 3 aromatic carbocycles. The van der Waals surface area contributed by atoms with Crippen molar-refractivity contribution in [2.24, 2.45) is 11.8 Å². The van der Waals surface area contributed by atoms with Crippen molar-refractivity contribution in [3.05, 3.63) is 102 Å². The Morgan fingerprint density at radius 3 is 2.06 bits per heavy atom. The Balaban J connectivity index is 1.34. The second kappa shape index (κ2) is 10.1. The summed E-state index contributed by atoms with van der Waals surface area (Å²) in [4.78, 5) is 5.49. The molecule has 1 saturated heterocycles. The van der Waals surface area contributed by atoms with E-state index in [9.17, 15) is 0 Å². The third-order valence-corrected chi connectivity index (χ3v) is 7.90. The minimum absolute atomic E-state index is 0.560. The van der Waals surface area contributed by atoms with Crippen molar-refractivity contribution >= 4 is 5.69 Å². The quantitative estimate of drug-likeness (QED) is 0.410. The van der Waals surface area contributed by atoms with Gasteiger partial charge in [0.25, 0.3) is 0 Å². The van der Waals surface area contributed by atoms with Gasteiger partial charge in [0.2, 0.25) is 0 Å². The van der Waals surface area contributed by atoms with Crippen LogP contribution in [-0.4, -0.2) is 30.1 Å². The van der Waals surface area contributed by atoms with Gasteiger partial charge in [0.05, 0.1) is 0 Å². The van der Waals surface area contributed by atoms with Gasteiger partial charge in [-0.05, 0) is 66.3 Å². The SMILES string of the molecule is CC1C[C@H](C)C(CCN(c2ccccc2)C2Cc3ccccc3C2)N(Cc2ccccc2)C1. The van der Waals surface area contributed by atoms with Gasteiger partial charge in [-0.1, -0.05) is 86.6 Å². The molecular weight excluding hydrogens is 400 g/mol. The average molecular weight is 439 g/mol. The molecule has 1 aliphatic heterocycles. The molecule has 1 aliphatic carbocycles. The molecule has 1 heterocycles. The molecule has 2 unspecified atom stereocenters. The van der Waals surface area contributed by atoms with Gasteiger partial charge in [0.15, 0.2) is 0 Å². The summed E-state index contributed by atoms with van der Waals surface area (Å²) < 4.78 is 0. The van der Waals surface area contributed by atoms with Crippen LogP contribution < -0.4 is 4.90 Å². The maximum Gasteiger partial charge on any atom is 0.0370 e. The van der Waals surface area contributed by atoms with Gasteiger partial charge in [-0.15, -0.1) is 0 Å². The summed E-state index contributed by atoms with van der Waals surface area (Å²) in [5.41, 5.74) is 5.89. The molecule has 3 atom stereocenters. The molecule has 0 saturated carbocycles. The molecule has 0 bridgehead atoms. The molecule has 0 radical (unpaired) electrons. The molecule has 1 fully saturated rings. The lowest BCUT2D eigenvalue weighted by molar-refractivity contribution is 0.0572. The van der Waals surface area contributed by atoms with E-state index in [0.717, 1.165) is 37.8 Å². The molecule has 0 amide bonds. The molecular formula is C31H38N2. The van der Waals surface area contributed by atoms with Crippen molar-refractivity contribution < 1.29 is 0 Å². The van der Waals surface area contributed by atoms with Gasteiger partial charge < -0.3 is 4.90 Å². The molecule has 0 spiro atoms. The van der Waals surface area contributed by atoms with Gasteiger partial charge in [-0.2, -0.15) is 0 Å². The Morgan fingerprint density at radius 1 is 0.788 bits per heavy atom. The smallest absolute Gasteiger partial charge is 0.0370 e. The zero-order valence-corrected chi connectivity index (χ0v) is 20.2. The van der Waals surface area contributed by atoms with E-state index in [1.807, 2.05) is 0 Å². The van der Waals surface area contributed by atoms with E-state index in [1.165, 1.54) is 41.8 Å². The van der Waals surface area contributed by atoms with Crippen molar-refractivity contribution in [3.8, 4) is 0 Å². The predicted octanol–water partition coefficient (Wildman–Crippen LogP) is 6.60. The summed E-state index contributed by atoms with van der Waals surface area (Å²) in [5, 5.41) is 0. The van der Waals surface area contributed by atoms with Crippen molar-refractivity contribution in [2.75, 3.05) is 18.0 Å². The summed E-state index contributed by atoms with van der Waals surface area (Å²) in [6, 6.07) is 32.4. The van der Waals surface area contributed by atoms with Crippen molar-refractivity contribution in [1.29, 1.82) is 0 Å². The Labute approximate surface area is 200 Å². The van der Waals surface area contributed by atoms with Gasteiger partial charge in [0, 0.05) is 37.4 Å². The number of anilines is 1. The topological polar surface area (TPSA) is 6.48 Å². The summed E-state index contributed by atoms with van der Waals surface area (Å²) >= 11 is 0. The summed E-state index contributed by atoms with van der Waals surface area (Å²) in [5.74, 6) is 1.50. The van der Waals surface area contributed by atoms with E-state index in [4.69, 9.17) is 0 Å². The zero-order valence-electron chi connectivity index (χ0n) is 20.2.